The van der Waals surface area contributed by atoms with Crippen LogP contribution in [-0.4, -0.2) is 35.9 Å². The van der Waals surface area contributed by atoms with Gasteiger partial charge < -0.3 is 15.6 Å². The van der Waals surface area contributed by atoms with Crippen LogP contribution in [0.3, 0.4) is 0 Å². The van der Waals surface area contributed by atoms with Crippen molar-refractivity contribution < 1.29 is 4.79 Å². The first-order valence-electron chi connectivity index (χ1n) is 4.20. The van der Waals surface area contributed by atoms with E-state index in [1.807, 2.05) is 18.3 Å². The van der Waals surface area contributed by atoms with Crippen LogP contribution in [0.15, 0.2) is 18.3 Å². The molecular formula is C9H15N3O. The summed E-state index contributed by atoms with van der Waals surface area (Å²) in [5.41, 5.74) is 6.69. The van der Waals surface area contributed by atoms with E-state index in [0.717, 1.165) is 5.69 Å². The molecule has 0 radical (unpaired) electrons. The molecule has 1 aromatic rings. The molecule has 1 aromatic heterocycles. The van der Waals surface area contributed by atoms with E-state index in [2.05, 4.69) is 4.98 Å². The first-order valence-corrected chi connectivity index (χ1v) is 4.20. The Bertz CT molecular complexity index is 266. The molecule has 1 heterocycles. The molecule has 1 unspecified atom stereocenters. The minimum atomic E-state index is -0.450. The van der Waals surface area contributed by atoms with Gasteiger partial charge >= 0.3 is 0 Å². The van der Waals surface area contributed by atoms with E-state index < -0.39 is 6.04 Å². The maximum Gasteiger partial charge on any atom is 0.239 e. The quantitative estimate of drug-likeness (QED) is 0.688. The van der Waals surface area contributed by atoms with Crippen LogP contribution in [-0.2, 0) is 11.2 Å². The third-order valence-electron chi connectivity index (χ3n) is 1.86. The van der Waals surface area contributed by atoms with Gasteiger partial charge in [0.1, 0.15) is 0 Å². The molecular weight excluding hydrogens is 166 g/mol. The predicted molar refractivity (Wildman–Crippen MR) is 51.2 cm³/mol. The number of rotatable bonds is 3. The molecule has 4 nitrogen and oxygen atoms in total. The summed E-state index contributed by atoms with van der Waals surface area (Å²) < 4.78 is 0. The second kappa shape index (κ2) is 4.09. The number of H-pyrrole nitrogens is 1. The van der Waals surface area contributed by atoms with Crippen LogP contribution >= 0.6 is 0 Å². The summed E-state index contributed by atoms with van der Waals surface area (Å²) >= 11 is 0. The molecule has 1 amide bonds. The van der Waals surface area contributed by atoms with Crippen LogP contribution in [0.2, 0.25) is 0 Å². The molecule has 0 aliphatic rings. The van der Waals surface area contributed by atoms with E-state index in [-0.39, 0.29) is 5.91 Å². The van der Waals surface area contributed by atoms with Crippen molar-refractivity contribution >= 4 is 5.91 Å². The fourth-order valence-electron chi connectivity index (χ4n) is 1.15. The third-order valence-corrected chi connectivity index (χ3v) is 1.86. The normalized spacial score (nSPS) is 12.5. The van der Waals surface area contributed by atoms with Crippen molar-refractivity contribution in [1.82, 2.24) is 9.88 Å². The molecule has 0 aliphatic carbocycles. The number of aromatic amines is 1. The van der Waals surface area contributed by atoms with Crippen molar-refractivity contribution in [3.63, 3.8) is 0 Å². The zero-order valence-electron chi connectivity index (χ0n) is 7.95. The van der Waals surface area contributed by atoms with Gasteiger partial charge in [-0.3, -0.25) is 4.79 Å². The first-order chi connectivity index (χ1) is 6.11. The second-order valence-corrected chi connectivity index (χ2v) is 3.24. The molecule has 1 rings (SSSR count). The fraction of sp³-hybridized carbons (Fsp3) is 0.444. The summed E-state index contributed by atoms with van der Waals surface area (Å²) in [4.78, 5) is 15.9. The van der Waals surface area contributed by atoms with Crippen LogP contribution in [0.1, 0.15) is 5.69 Å². The number of nitrogens with zero attached hydrogens (tertiary/aromatic N) is 1. The first kappa shape index (κ1) is 9.80. The maximum atomic E-state index is 11.4. The predicted octanol–water partition coefficient (Wildman–Crippen LogP) is -0.0273. The summed E-state index contributed by atoms with van der Waals surface area (Å²) in [5, 5.41) is 0. The lowest BCUT2D eigenvalue weighted by atomic mass is 10.1. The molecule has 0 fully saturated rings. The van der Waals surface area contributed by atoms with E-state index >= 15 is 0 Å². The topological polar surface area (TPSA) is 62.1 Å². The molecule has 0 aromatic carbocycles. The highest BCUT2D eigenvalue weighted by atomic mass is 16.2. The Kier molecular flexibility index (Phi) is 3.08. The number of hydrogen-bond acceptors (Lipinski definition) is 2. The van der Waals surface area contributed by atoms with Gasteiger partial charge in [-0.2, -0.15) is 0 Å². The van der Waals surface area contributed by atoms with Gasteiger partial charge in [0.05, 0.1) is 6.04 Å². The summed E-state index contributed by atoms with van der Waals surface area (Å²) in [6.07, 6.45) is 2.38. The average molecular weight is 181 g/mol. The van der Waals surface area contributed by atoms with Gasteiger partial charge in [-0.25, -0.2) is 0 Å². The van der Waals surface area contributed by atoms with Gasteiger partial charge in [0.25, 0.3) is 0 Å². The van der Waals surface area contributed by atoms with Crippen LogP contribution in [0.4, 0.5) is 0 Å². The van der Waals surface area contributed by atoms with E-state index in [0.29, 0.717) is 6.42 Å². The van der Waals surface area contributed by atoms with Crippen molar-refractivity contribution in [3.8, 4) is 0 Å². The second-order valence-electron chi connectivity index (χ2n) is 3.24. The fourth-order valence-corrected chi connectivity index (χ4v) is 1.15. The van der Waals surface area contributed by atoms with E-state index in [1.54, 1.807) is 14.1 Å². The summed E-state index contributed by atoms with van der Waals surface area (Å²) in [7, 11) is 3.41. The average Bonchev–Trinajstić information content (AvgIpc) is 2.55. The maximum absolute atomic E-state index is 11.4. The van der Waals surface area contributed by atoms with E-state index in [9.17, 15) is 4.79 Å². The van der Waals surface area contributed by atoms with Gasteiger partial charge in [-0.1, -0.05) is 0 Å². The van der Waals surface area contributed by atoms with Crippen molar-refractivity contribution in [2.45, 2.75) is 12.5 Å². The molecule has 0 spiro atoms. The largest absolute Gasteiger partial charge is 0.365 e. The molecule has 4 heteroatoms. The van der Waals surface area contributed by atoms with Gasteiger partial charge in [0.15, 0.2) is 0 Å². The lowest BCUT2D eigenvalue weighted by Gasteiger charge is -2.15. The van der Waals surface area contributed by atoms with Crippen molar-refractivity contribution in [2.75, 3.05) is 14.1 Å². The van der Waals surface area contributed by atoms with Gasteiger partial charge in [-0.05, 0) is 12.1 Å². The van der Waals surface area contributed by atoms with Crippen molar-refractivity contribution in [1.29, 1.82) is 0 Å². The highest BCUT2D eigenvalue weighted by Crippen LogP contribution is 1.99. The van der Waals surface area contributed by atoms with Gasteiger partial charge in [0.2, 0.25) is 5.91 Å². The SMILES string of the molecule is CN(C)C(=O)C(N)Cc1ccc[nH]1. The number of likely N-dealkylation sites (N-methyl/N-ethyl adjacent to an activating group) is 1. The Balaban J connectivity index is 2.51. The molecule has 0 aliphatic heterocycles. The van der Waals surface area contributed by atoms with Gasteiger partial charge in [-0.15, -0.1) is 0 Å². The molecule has 0 bridgehead atoms. The highest BCUT2D eigenvalue weighted by Gasteiger charge is 2.15. The Hall–Kier alpha value is -1.29. The number of nitrogens with one attached hydrogen (secondary N) is 1. The smallest absolute Gasteiger partial charge is 0.239 e. The van der Waals surface area contributed by atoms with E-state index in [1.165, 1.54) is 4.90 Å². The monoisotopic (exact) mass is 181 g/mol. The third kappa shape index (κ3) is 2.59. The molecule has 1 atom stereocenters. The minimum Gasteiger partial charge on any atom is -0.365 e. The minimum absolute atomic E-state index is 0.0467. The lowest BCUT2D eigenvalue weighted by Crippen LogP contribution is -2.41. The van der Waals surface area contributed by atoms with Crippen LogP contribution in [0, 0.1) is 0 Å². The Morgan fingerprint density at radius 1 is 1.69 bits per heavy atom. The number of carbonyl (C=O) groups excluding carboxylic acids is 1. The summed E-state index contributed by atoms with van der Waals surface area (Å²) in [6, 6.07) is 3.36. The van der Waals surface area contributed by atoms with Crippen LogP contribution in [0.25, 0.3) is 0 Å². The van der Waals surface area contributed by atoms with Gasteiger partial charge in [0, 0.05) is 32.4 Å². The summed E-state index contributed by atoms with van der Waals surface area (Å²) in [5.74, 6) is -0.0467. The number of aromatic nitrogens is 1. The van der Waals surface area contributed by atoms with Crippen molar-refractivity contribution in [3.05, 3.63) is 24.0 Å². The highest BCUT2D eigenvalue weighted by molar-refractivity contribution is 5.81. The molecule has 0 saturated heterocycles. The Morgan fingerprint density at radius 2 is 2.38 bits per heavy atom. The Morgan fingerprint density at radius 3 is 2.85 bits per heavy atom. The standard InChI is InChI=1S/C9H15N3O/c1-12(2)9(13)8(10)6-7-4-3-5-11-7/h3-5,8,11H,6,10H2,1-2H3. The Labute approximate surface area is 77.7 Å². The summed E-state index contributed by atoms with van der Waals surface area (Å²) in [6.45, 7) is 0. The molecule has 13 heavy (non-hydrogen) atoms. The van der Waals surface area contributed by atoms with Crippen LogP contribution < -0.4 is 5.73 Å². The lowest BCUT2D eigenvalue weighted by molar-refractivity contribution is -0.130. The zero-order valence-corrected chi connectivity index (χ0v) is 7.95. The molecule has 0 saturated carbocycles. The number of amides is 1. The number of nitrogens with two attached hydrogens (primary N) is 1. The van der Waals surface area contributed by atoms with Crippen LogP contribution in [0.5, 0.6) is 0 Å². The van der Waals surface area contributed by atoms with Crippen molar-refractivity contribution in [2.24, 2.45) is 5.73 Å². The van der Waals surface area contributed by atoms with E-state index in [4.69, 9.17) is 5.73 Å². The zero-order chi connectivity index (χ0) is 9.84. The molecule has 72 valence electrons. The number of hydrogen-bond donors (Lipinski definition) is 2. The number of carbonyl (C=O) groups is 1. The molecule has 3 N–H and O–H groups in total.